The van der Waals surface area contributed by atoms with E-state index in [0.29, 0.717) is 18.0 Å². The standard InChI is InChI=1S/C18H29N3O6S/c1-20(14-18(22)19-7-4-8-21-9-11-27-12-10-21)28(23,24)15-5-6-16(25-2)17(13-15)26-3/h5-6,13H,4,7-12,14H2,1-3H3,(H,19,22). The van der Waals surface area contributed by atoms with Crippen LogP contribution in [-0.2, 0) is 19.6 Å². The van der Waals surface area contributed by atoms with Crippen LogP contribution in [0.5, 0.6) is 11.5 Å². The van der Waals surface area contributed by atoms with Gasteiger partial charge in [0.2, 0.25) is 15.9 Å². The van der Waals surface area contributed by atoms with Crippen molar-refractivity contribution in [3.8, 4) is 11.5 Å². The van der Waals surface area contributed by atoms with Crippen LogP contribution in [0.3, 0.4) is 0 Å². The van der Waals surface area contributed by atoms with Crippen LogP contribution in [0.1, 0.15) is 6.42 Å². The normalized spacial score (nSPS) is 15.4. The molecule has 9 nitrogen and oxygen atoms in total. The fourth-order valence-electron chi connectivity index (χ4n) is 2.86. The molecular formula is C18H29N3O6S. The highest BCUT2D eigenvalue weighted by molar-refractivity contribution is 7.89. The Kier molecular flexibility index (Phi) is 8.49. The van der Waals surface area contributed by atoms with E-state index in [1.54, 1.807) is 0 Å². The van der Waals surface area contributed by atoms with Crippen LogP contribution in [0.25, 0.3) is 0 Å². The molecule has 0 unspecified atom stereocenters. The lowest BCUT2D eigenvalue weighted by Crippen LogP contribution is -2.40. The van der Waals surface area contributed by atoms with Crippen molar-refractivity contribution in [3.05, 3.63) is 18.2 Å². The predicted octanol–water partition coefficient (Wildman–Crippen LogP) is 0.163. The number of hydrogen-bond acceptors (Lipinski definition) is 7. The molecule has 0 aromatic heterocycles. The van der Waals surface area contributed by atoms with Crippen molar-refractivity contribution in [1.82, 2.24) is 14.5 Å². The number of rotatable bonds is 10. The zero-order valence-electron chi connectivity index (χ0n) is 16.6. The zero-order valence-corrected chi connectivity index (χ0v) is 17.5. The van der Waals surface area contributed by atoms with E-state index in [1.165, 1.54) is 39.5 Å². The van der Waals surface area contributed by atoms with Crippen molar-refractivity contribution in [1.29, 1.82) is 0 Å². The third-order valence-corrected chi connectivity index (χ3v) is 6.31. The first-order valence-electron chi connectivity index (χ1n) is 9.13. The Labute approximate surface area is 166 Å². The number of ether oxygens (including phenoxy) is 3. The molecule has 1 heterocycles. The van der Waals surface area contributed by atoms with Crippen LogP contribution < -0.4 is 14.8 Å². The Hall–Kier alpha value is -1.88. The van der Waals surface area contributed by atoms with Gasteiger partial charge in [0.15, 0.2) is 11.5 Å². The number of hydrogen-bond donors (Lipinski definition) is 1. The van der Waals surface area contributed by atoms with Crippen LogP contribution in [0.15, 0.2) is 23.1 Å². The fourth-order valence-corrected chi connectivity index (χ4v) is 4.00. The highest BCUT2D eigenvalue weighted by atomic mass is 32.2. The fraction of sp³-hybridized carbons (Fsp3) is 0.611. The Morgan fingerprint density at radius 2 is 1.89 bits per heavy atom. The second-order valence-electron chi connectivity index (χ2n) is 6.44. The van der Waals surface area contributed by atoms with Gasteiger partial charge >= 0.3 is 0 Å². The highest BCUT2D eigenvalue weighted by Gasteiger charge is 2.24. The molecule has 1 aromatic rings. The lowest BCUT2D eigenvalue weighted by molar-refractivity contribution is -0.121. The summed E-state index contributed by atoms with van der Waals surface area (Å²) >= 11 is 0. The molecule has 0 bridgehead atoms. The van der Waals surface area contributed by atoms with Gasteiger partial charge in [-0.05, 0) is 25.1 Å². The molecule has 0 atom stereocenters. The zero-order chi connectivity index (χ0) is 20.6. The summed E-state index contributed by atoms with van der Waals surface area (Å²) in [6.45, 7) is 4.41. The number of nitrogens with one attached hydrogen (secondary N) is 1. The van der Waals surface area contributed by atoms with Crippen molar-refractivity contribution < 1.29 is 27.4 Å². The summed E-state index contributed by atoms with van der Waals surface area (Å²) in [5.74, 6) is 0.403. The van der Waals surface area contributed by atoms with E-state index < -0.39 is 10.0 Å². The van der Waals surface area contributed by atoms with Crippen molar-refractivity contribution in [2.24, 2.45) is 0 Å². The maximum atomic E-state index is 12.7. The molecule has 0 aliphatic carbocycles. The van der Waals surface area contributed by atoms with E-state index in [2.05, 4.69) is 10.2 Å². The van der Waals surface area contributed by atoms with Gasteiger partial charge in [-0.2, -0.15) is 4.31 Å². The van der Waals surface area contributed by atoms with Gasteiger partial charge in [0.1, 0.15) is 0 Å². The molecule has 2 rings (SSSR count). The van der Waals surface area contributed by atoms with Gasteiger partial charge in [0, 0.05) is 32.7 Å². The van der Waals surface area contributed by atoms with E-state index in [4.69, 9.17) is 14.2 Å². The Morgan fingerprint density at radius 1 is 1.21 bits per heavy atom. The van der Waals surface area contributed by atoms with Crippen molar-refractivity contribution >= 4 is 15.9 Å². The maximum Gasteiger partial charge on any atom is 0.243 e. The largest absolute Gasteiger partial charge is 0.493 e. The first-order valence-corrected chi connectivity index (χ1v) is 10.6. The Bertz CT molecular complexity index is 750. The molecule has 158 valence electrons. The van der Waals surface area contributed by atoms with E-state index in [-0.39, 0.29) is 17.3 Å². The average molecular weight is 416 g/mol. The topological polar surface area (TPSA) is 97.4 Å². The minimum atomic E-state index is -3.82. The molecule has 10 heteroatoms. The number of methoxy groups -OCH3 is 2. The van der Waals surface area contributed by atoms with Crippen molar-refractivity contribution in [2.75, 3.05) is 67.2 Å². The van der Waals surface area contributed by atoms with Gasteiger partial charge in [0.05, 0.1) is 38.9 Å². The summed E-state index contributed by atoms with van der Waals surface area (Å²) in [7, 11) is 0.456. The Balaban J connectivity index is 1.84. The van der Waals surface area contributed by atoms with Crippen LogP contribution in [0.4, 0.5) is 0 Å². The van der Waals surface area contributed by atoms with Crippen molar-refractivity contribution in [3.63, 3.8) is 0 Å². The molecule has 1 N–H and O–H groups in total. The van der Waals surface area contributed by atoms with Gasteiger partial charge in [-0.1, -0.05) is 0 Å². The van der Waals surface area contributed by atoms with E-state index in [1.807, 2.05) is 0 Å². The lowest BCUT2D eigenvalue weighted by atomic mass is 10.3. The van der Waals surface area contributed by atoms with Crippen LogP contribution in [-0.4, -0.2) is 90.7 Å². The number of likely N-dealkylation sites (N-methyl/N-ethyl adjacent to an activating group) is 1. The van der Waals surface area contributed by atoms with E-state index in [0.717, 1.165) is 43.6 Å². The van der Waals surface area contributed by atoms with Crippen LogP contribution in [0.2, 0.25) is 0 Å². The smallest absolute Gasteiger partial charge is 0.243 e. The molecule has 1 aromatic carbocycles. The number of sulfonamides is 1. The summed E-state index contributed by atoms with van der Waals surface area (Å²) in [6, 6.07) is 4.32. The number of benzene rings is 1. The van der Waals surface area contributed by atoms with Crippen LogP contribution >= 0.6 is 0 Å². The monoisotopic (exact) mass is 415 g/mol. The number of morpholine rings is 1. The molecule has 0 saturated carbocycles. The summed E-state index contributed by atoms with van der Waals surface area (Å²) < 4.78 is 42.0. The minimum Gasteiger partial charge on any atom is -0.493 e. The van der Waals surface area contributed by atoms with Crippen LogP contribution in [0, 0.1) is 0 Å². The SMILES string of the molecule is COc1ccc(S(=O)(=O)N(C)CC(=O)NCCCN2CCOCC2)cc1OC. The predicted molar refractivity (Wildman–Crippen MR) is 104 cm³/mol. The van der Waals surface area contributed by atoms with Gasteiger partial charge in [-0.15, -0.1) is 0 Å². The van der Waals surface area contributed by atoms with E-state index >= 15 is 0 Å². The van der Waals surface area contributed by atoms with Gasteiger partial charge < -0.3 is 19.5 Å². The molecule has 1 fully saturated rings. The summed E-state index contributed by atoms with van der Waals surface area (Å²) in [5, 5.41) is 2.77. The number of carbonyl (C=O) groups is 1. The third kappa shape index (κ3) is 6.06. The summed E-state index contributed by atoms with van der Waals surface area (Å²) in [5.41, 5.74) is 0. The second kappa shape index (κ2) is 10.6. The first-order chi connectivity index (χ1) is 13.4. The quantitative estimate of drug-likeness (QED) is 0.544. The summed E-state index contributed by atoms with van der Waals surface area (Å²) in [6.07, 6.45) is 0.803. The number of carbonyl (C=O) groups excluding carboxylic acids is 1. The molecule has 1 aliphatic heterocycles. The second-order valence-corrected chi connectivity index (χ2v) is 8.48. The van der Waals surface area contributed by atoms with Gasteiger partial charge in [-0.25, -0.2) is 8.42 Å². The molecule has 0 spiro atoms. The summed E-state index contributed by atoms with van der Waals surface area (Å²) in [4.78, 5) is 14.4. The highest BCUT2D eigenvalue weighted by Crippen LogP contribution is 2.30. The maximum absolute atomic E-state index is 12.7. The number of amides is 1. The molecule has 1 saturated heterocycles. The van der Waals surface area contributed by atoms with E-state index in [9.17, 15) is 13.2 Å². The molecule has 0 radical (unpaired) electrons. The first kappa shape index (κ1) is 22.4. The Morgan fingerprint density at radius 3 is 2.54 bits per heavy atom. The molecular weight excluding hydrogens is 386 g/mol. The van der Waals surface area contributed by atoms with Gasteiger partial charge in [-0.3, -0.25) is 9.69 Å². The third-order valence-electron chi connectivity index (χ3n) is 4.51. The molecule has 1 aliphatic rings. The average Bonchev–Trinajstić information content (AvgIpc) is 2.71. The number of nitrogens with zero attached hydrogens (tertiary/aromatic N) is 2. The molecule has 28 heavy (non-hydrogen) atoms. The lowest BCUT2D eigenvalue weighted by Gasteiger charge is -2.26. The minimum absolute atomic E-state index is 0.0350. The molecule has 1 amide bonds. The van der Waals surface area contributed by atoms with Gasteiger partial charge in [0.25, 0.3) is 0 Å². The van der Waals surface area contributed by atoms with Crippen molar-refractivity contribution in [2.45, 2.75) is 11.3 Å².